The molecule has 27 heavy (non-hydrogen) atoms. The van der Waals surface area contributed by atoms with Crippen LogP contribution in [0.2, 0.25) is 0 Å². The molecule has 1 saturated heterocycles. The molecule has 0 bridgehead atoms. The molecule has 0 radical (unpaired) electrons. The molecule has 0 spiro atoms. The van der Waals surface area contributed by atoms with E-state index in [0.29, 0.717) is 27.9 Å². The van der Waals surface area contributed by atoms with Crippen molar-refractivity contribution in [3.05, 3.63) is 67.6 Å². The zero-order valence-electron chi connectivity index (χ0n) is 14.4. The van der Waals surface area contributed by atoms with Gasteiger partial charge in [-0.25, -0.2) is 0 Å². The highest BCUT2D eigenvalue weighted by Gasteiger charge is 2.30. The van der Waals surface area contributed by atoms with Crippen molar-refractivity contribution in [2.24, 2.45) is 0 Å². The SMILES string of the molecule is CCN1C(=O)/C(=C/c2ccc(OCc3ccccc3C#N)c(I)c2)SC1=S. The first-order valence-corrected chi connectivity index (χ1v) is 10.5. The third kappa shape index (κ3) is 4.51. The van der Waals surface area contributed by atoms with Crippen LogP contribution < -0.4 is 4.74 Å². The minimum atomic E-state index is -0.0454. The number of halogens is 1. The van der Waals surface area contributed by atoms with E-state index in [1.54, 1.807) is 11.0 Å². The Morgan fingerprint density at radius 3 is 2.78 bits per heavy atom. The van der Waals surface area contributed by atoms with E-state index in [1.807, 2.05) is 49.4 Å². The molecule has 0 N–H and O–H groups in total. The highest BCUT2D eigenvalue weighted by Crippen LogP contribution is 2.33. The second-order valence-electron chi connectivity index (χ2n) is 5.67. The molecule has 136 valence electrons. The first-order chi connectivity index (χ1) is 13.0. The van der Waals surface area contributed by atoms with Gasteiger partial charge in [0.25, 0.3) is 5.91 Å². The summed E-state index contributed by atoms with van der Waals surface area (Å²) >= 11 is 8.78. The molecule has 0 aliphatic carbocycles. The number of carbonyl (C=O) groups is 1. The molecule has 1 aliphatic rings. The van der Waals surface area contributed by atoms with Crippen LogP contribution in [0, 0.1) is 14.9 Å². The number of hydrogen-bond acceptors (Lipinski definition) is 5. The minimum absolute atomic E-state index is 0.0454. The average Bonchev–Trinajstić information content (AvgIpc) is 2.94. The van der Waals surface area contributed by atoms with E-state index in [2.05, 4.69) is 28.7 Å². The van der Waals surface area contributed by atoms with Gasteiger partial charge in [-0.2, -0.15) is 5.26 Å². The van der Waals surface area contributed by atoms with Gasteiger partial charge in [-0.15, -0.1) is 0 Å². The van der Waals surface area contributed by atoms with Crippen molar-refractivity contribution in [1.29, 1.82) is 5.26 Å². The van der Waals surface area contributed by atoms with Gasteiger partial charge in [-0.1, -0.05) is 48.2 Å². The first kappa shape index (κ1) is 19.9. The van der Waals surface area contributed by atoms with Crippen LogP contribution in [0.1, 0.15) is 23.6 Å². The number of thiocarbonyl (C=S) groups is 1. The van der Waals surface area contributed by atoms with Crippen LogP contribution in [0.4, 0.5) is 0 Å². The van der Waals surface area contributed by atoms with Gasteiger partial charge in [-0.05, 0) is 59.4 Å². The van der Waals surface area contributed by atoms with Gasteiger partial charge < -0.3 is 4.74 Å². The van der Waals surface area contributed by atoms with Crippen molar-refractivity contribution in [2.45, 2.75) is 13.5 Å². The van der Waals surface area contributed by atoms with Crippen molar-refractivity contribution in [1.82, 2.24) is 4.90 Å². The Morgan fingerprint density at radius 2 is 2.11 bits per heavy atom. The number of nitriles is 1. The van der Waals surface area contributed by atoms with Gasteiger partial charge in [0.2, 0.25) is 0 Å². The Morgan fingerprint density at radius 1 is 1.33 bits per heavy atom. The zero-order valence-corrected chi connectivity index (χ0v) is 18.2. The second kappa shape index (κ2) is 8.87. The highest BCUT2D eigenvalue weighted by atomic mass is 127. The van der Waals surface area contributed by atoms with Gasteiger partial charge >= 0.3 is 0 Å². The summed E-state index contributed by atoms with van der Waals surface area (Å²) in [5, 5.41) is 9.16. The fourth-order valence-corrected chi connectivity index (χ4v) is 4.64. The molecule has 3 rings (SSSR count). The number of hydrogen-bond donors (Lipinski definition) is 0. The maximum atomic E-state index is 12.3. The maximum absolute atomic E-state index is 12.3. The Bertz CT molecular complexity index is 982. The predicted octanol–water partition coefficient (Wildman–Crippen LogP) is 4.96. The smallest absolute Gasteiger partial charge is 0.266 e. The molecule has 0 saturated carbocycles. The molecule has 0 atom stereocenters. The fourth-order valence-electron chi connectivity index (χ4n) is 2.56. The fraction of sp³-hybridized carbons (Fsp3) is 0.150. The monoisotopic (exact) mass is 506 g/mol. The standard InChI is InChI=1S/C20H15IN2O2S2/c1-2-23-19(24)18(27-20(23)26)10-13-7-8-17(16(21)9-13)25-12-15-6-4-3-5-14(15)11-22/h3-10H,2,12H2,1H3/b18-10-. The quantitative estimate of drug-likeness (QED) is 0.326. The summed E-state index contributed by atoms with van der Waals surface area (Å²) in [6.07, 6.45) is 1.85. The highest BCUT2D eigenvalue weighted by molar-refractivity contribution is 14.1. The van der Waals surface area contributed by atoms with Crippen LogP contribution >= 0.6 is 46.6 Å². The number of carbonyl (C=O) groups excluding carboxylic acids is 1. The summed E-state index contributed by atoms with van der Waals surface area (Å²) in [4.78, 5) is 14.6. The van der Waals surface area contributed by atoms with Gasteiger partial charge in [0.05, 0.1) is 20.1 Å². The molecular formula is C20H15IN2O2S2. The number of benzene rings is 2. The van der Waals surface area contributed by atoms with E-state index >= 15 is 0 Å². The van der Waals surface area contributed by atoms with E-state index in [1.165, 1.54) is 11.8 Å². The predicted molar refractivity (Wildman–Crippen MR) is 120 cm³/mol. The summed E-state index contributed by atoms with van der Waals surface area (Å²) in [5.41, 5.74) is 2.38. The molecule has 0 aromatic heterocycles. The van der Waals surface area contributed by atoms with E-state index < -0.39 is 0 Å². The zero-order chi connectivity index (χ0) is 19.4. The van der Waals surface area contributed by atoms with Crippen LogP contribution in [0.5, 0.6) is 5.75 Å². The van der Waals surface area contributed by atoms with Crippen molar-refractivity contribution in [3.8, 4) is 11.8 Å². The number of thioether (sulfide) groups is 1. The van der Waals surface area contributed by atoms with E-state index in [9.17, 15) is 4.79 Å². The van der Waals surface area contributed by atoms with Crippen LogP contribution in [0.15, 0.2) is 47.4 Å². The molecule has 4 nitrogen and oxygen atoms in total. The first-order valence-electron chi connectivity index (χ1n) is 8.19. The average molecular weight is 506 g/mol. The Hall–Kier alpha value is -1.89. The number of amides is 1. The van der Waals surface area contributed by atoms with Crippen molar-refractivity contribution >= 4 is 62.9 Å². The number of rotatable bonds is 5. The lowest BCUT2D eigenvalue weighted by molar-refractivity contribution is -0.121. The molecule has 2 aromatic carbocycles. The Kier molecular flexibility index (Phi) is 6.52. The van der Waals surface area contributed by atoms with E-state index in [0.717, 1.165) is 20.4 Å². The third-order valence-electron chi connectivity index (χ3n) is 3.96. The van der Waals surface area contributed by atoms with E-state index in [4.69, 9.17) is 22.2 Å². The number of ether oxygens (including phenoxy) is 1. The van der Waals surface area contributed by atoms with Crippen molar-refractivity contribution in [3.63, 3.8) is 0 Å². The van der Waals surface area contributed by atoms with Gasteiger partial charge in [0.15, 0.2) is 0 Å². The summed E-state index contributed by atoms with van der Waals surface area (Å²) in [6.45, 7) is 2.82. The number of likely N-dealkylation sites (N-methyl/N-ethyl adjacent to an activating group) is 1. The normalized spacial score (nSPS) is 15.3. The molecular weight excluding hydrogens is 491 g/mol. The van der Waals surface area contributed by atoms with Crippen LogP contribution in [0.3, 0.4) is 0 Å². The molecule has 1 aliphatic heterocycles. The van der Waals surface area contributed by atoms with E-state index in [-0.39, 0.29) is 5.91 Å². The molecule has 1 amide bonds. The minimum Gasteiger partial charge on any atom is -0.488 e. The lowest BCUT2D eigenvalue weighted by Gasteiger charge is -2.10. The lowest BCUT2D eigenvalue weighted by atomic mass is 10.1. The van der Waals surface area contributed by atoms with Crippen molar-refractivity contribution < 1.29 is 9.53 Å². The van der Waals surface area contributed by atoms with Gasteiger partial charge in [-0.3, -0.25) is 9.69 Å². The molecule has 7 heteroatoms. The summed E-state index contributed by atoms with van der Waals surface area (Å²) in [5.74, 6) is 0.692. The maximum Gasteiger partial charge on any atom is 0.266 e. The van der Waals surface area contributed by atoms with Crippen LogP contribution in [0.25, 0.3) is 6.08 Å². The molecule has 2 aromatic rings. The van der Waals surface area contributed by atoms with Gasteiger partial charge in [0, 0.05) is 12.1 Å². The van der Waals surface area contributed by atoms with Gasteiger partial charge in [0.1, 0.15) is 16.7 Å². The molecule has 0 unspecified atom stereocenters. The summed E-state index contributed by atoms with van der Waals surface area (Å²) < 4.78 is 7.41. The third-order valence-corrected chi connectivity index (χ3v) is 6.19. The summed E-state index contributed by atoms with van der Waals surface area (Å²) in [6, 6.07) is 15.3. The topological polar surface area (TPSA) is 53.3 Å². The Balaban J connectivity index is 1.75. The van der Waals surface area contributed by atoms with Crippen molar-refractivity contribution in [2.75, 3.05) is 6.54 Å². The lowest BCUT2D eigenvalue weighted by Crippen LogP contribution is -2.27. The second-order valence-corrected chi connectivity index (χ2v) is 8.51. The molecule has 1 fully saturated rings. The largest absolute Gasteiger partial charge is 0.488 e. The number of nitrogens with zero attached hydrogens (tertiary/aromatic N) is 2. The van der Waals surface area contributed by atoms with Crippen LogP contribution in [-0.4, -0.2) is 21.7 Å². The summed E-state index contributed by atoms with van der Waals surface area (Å²) in [7, 11) is 0. The van der Waals surface area contributed by atoms with Crippen LogP contribution in [-0.2, 0) is 11.4 Å². The Labute approximate surface area is 181 Å². The molecule has 1 heterocycles.